The Balaban J connectivity index is 1.55. The standard InChI is InChI=1S/C25H21NO2S2/c1-18(20-12-6-3-7-13-20)26-24(27)23(30-25(26)29)16-21-14-8-9-15-22(21)28-17-19-10-4-2-5-11-19/h2-16,18H,17H2,1H3/b23-16-/t18-/m1/s1. The number of thioether (sulfide) groups is 1. The maximum Gasteiger partial charge on any atom is 0.266 e. The first-order valence-corrected chi connectivity index (χ1v) is 10.9. The lowest BCUT2D eigenvalue weighted by atomic mass is 10.1. The number of rotatable bonds is 6. The Bertz CT molecular complexity index is 1080. The normalized spacial score (nSPS) is 16.2. The first kappa shape index (κ1) is 20.4. The first-order chi connectivity index (χ1) is 14.6. The molecule has 4 rings (SSSR count). The molecular formula is C25H21NO2S2. The minimum atomic E-state index is -0.117. The summed E-state index contributed by atoms with van der Waals surface area (Å²) in [6.45, 7) is 2.47. The van der Waals surface area contributed by atoms with Gasteiger partial charge >= 0.3 is 0 Å². The number of carbonyl (C=O) groups excluding carboxylic acids is 1. The zero-order valence-corrected chi connectivity index (χ0v) is 18.2. The van der Waals surface area contributed by atoms with E-state index in [1.54, 1.807) is 4.90 Å². The summed E-state index contributed by atoms with van der Waals surface area (Å²) in [7, 11) is 0. The smallest absolute Gasteiger partial charge is 0.266 e. The Hall–Kier alpha value is -2.89. The molecule has 1 aliphatic heterocycles. The van der Waals surface area contributed by atoms with E-state index in [4.69, 9.17) is 17.0 Å². The molecule has 150 valence electrons. The fourth-order valence-electron chi connectivity index (χ4n) is 3.30. The van der Waals surface area contributed by atoms with Crippen LogP contribution in [0.3, 0.4) is 0 Å². The van der Waals surface area contributed by atoms with Gasteiger partial charge in [-0.3, -0.25) is 9.69 Å². The van der Waals surface area contributed by atoms with Gasteiger partial charge in [-0.1, -0.05) is 103 Å². The first-order valence-electron chi connectivity index (χ1n) is 9.71. The number of nitrogens with zero attached hydrogens (tertiary/aromatic N) is 1. The molecule has 0 N–H and O–H groups in total. The van der Waals surface area contributed by atoms with Crippen molar-refractivity contribution in [3.05, 3.63) is 107 Å². The van der Waals surface area contributed by atoms with Gasteiger partial charge in [-0.15, -0.1) is 0 Å². The van der Waals surface area contributed by atoms with Crippen molar-refractivity contribution < 1.29 is 9.53 Å². The third kappa shape index (κ3) is 4.48. The quantitative estimate of drug-likeness (QED) is 0.342. The van der Waals surface area contributed by atoms with Crippen LogP contribution in [0.5, 0.6) is 5.75 Å². The Kier molecular flexibility index (Phi) is 6.31. The number of ether oxygens (including phenoxy) is 1. The lowest BCUT2D eigenvalue weighted by Crippen LogP contribution is -2.30. The van der Waals surface area contributed by atoms with Gasteiger partial charge in [0.1, 0.15) is 16.7 Å². The summed E-state index contributed by atoms with van der Waals surface area (Å²) in [6.07, 6.45) is 1.87. The van der Waals surface area contributed by atoms with Crippen molar-refractivity contribution in [3.8, 4) is 5.75 Å². The van der Waals surface area contributed by atoms with Crippen molar-refractivity contribution in [2.45, 2.75) is 19.6 Å². The average Bonchev–Trinajstić information content (AvgIpc) is 3.06. The molecule has 1 aliphatic rings. The van der Waals surface area contributed by atoms with E-state index in [0.29, 0.717) is 15.8 Å². The predicted molar refractivity (Wildman–Crippen MR) is 127 cm³/mol. The van der Waals surface area contributed by atoms with Crippen LogP contribution in [0.15, 0.2) is 89.8 Å². The van der Waals surface area contributed by atoms with Gasteiger partial charge in [0.05, 0.1) is 10.9 Å². The van der Waals surface area contributed by atoms with Crippen LogP contribution in [-0.2, 0) is 11.4 Å². The van der Waals surface area contributed by atoms with Crippen molar-refractivity contribution in [1.29, 1.82) is 0 Å². The van der Waals surface area contributed by atoms with Crippen LogP contribution >= 0.6 is 24.0 Å². The van der Waals surface area contributed by atoms with Crippen LogP contribution in [0, 0.1) is 0 Å². The van der Waals surface area contributed by atoms with Gasteiger partial charge in [-0.05, 0) is 30.2 Å². The molecule has 3 nitrogen and oxygen atoms in total. The largest absolute Gasteiger partial charge is 0.488 e. The molecule has 1 atom stereocenters. The lowest BCUT2D eigenvalue weighted by Gasteiger charge is -2.23. The molecule has 0 spiro atoms. The molecule has 0 aromatic heterocycles. The molecule has 0 aliphatic carbocycles. The van der Waals surface area contributed by atoms with Gasteiger partial charge in [0.25, 0.3) is 5.91 Å². The number of carbonyl (C=O) groups is 1. The maximum atomic E-state index is 13.1. The molecule has 0 radical (unpaired) electrons. The highest BCUT2D eigenvalue weighted by Crippen LogP contribution is 2.38. The number of para-hydroxylation sites is 1. The molecule has 1 fully saturated rings. The van der Waals surface area contributed by atoms with E-state index in [1.807, 2.05) is 97.9 Å². The number of hydrogen-bond acceptors (Lipinski definition) is 4. The SMILES string of the molecule is C[C@H](c1ccccc1)N1C(=O)/C(=C/c2ccccc2OCc2ccccc2)SC1=S. The van der Waals surface area contributed by atoms with Crippen LogP contribution in [0.2, 0.25) is 0 Å². The van der Waals surface area contributed by atoms with Crippen molar-refractivity contribution in [2.24, 2.45) is 0 Å². The van der Waals surface area contributed by atoms with Crippen LogP contribution < -0.4 is 4.74 Å². The summed E-state index contributed by atoms with van der Waals surface area (Å²) in [6, 6.07) is 27.6. The topological polar surface area (TPSA) is 29.5 Å². The summed E-state index contributed by atoms with van der Waals surface area (Å²) in [5.74, 6) is 0.668. The van der Waals surface area contributed by atoms with E-state index in [9.17, 15) is 4.79 Å². The summed E-state index contributed by atoms with van der Waals surface area (Å²) in [5, 5.41) is 0. The van der Waals surface area contributed by atoms with Gasteiger partial charge in [-0.2, -0.15) is 0 Å². The Labute approximate surface area is 186 Å². The maximum absolute atomic E-state index is 13.1. The molecule has 0 unspecified atom stereocenters. The highest BCUT2D eigenvalue weighted by atomic mass is 32.2. The second-order valence-corrected chi connectivity index (χ2v) is 8.63. The number of hydrogen-bond donors (Lipinski definition) is 0. The summed E-state index contributed by atoms with van der Waals surface area (Å²) in [4.78, 5) is 15.4. The third-order valence-electron chi connectivity index (χ3n) is 4.94. The molecule has 0 saturated carbocycles. The average molecular weight is 432 g/mol. The van der Waals surface area contributed by atoms with E-state index in [-0.39, 0.29) is 11.9 Å². The zero-order chi connectivity index (χ0) is 20.9. The lowest BCUT2D eigenvalue weighted by molar-refractivity contribution is -0.123. The van der Waals surface area contributed by atoms with Crippen LogP contribution in [0.4, 0.5) is 0 Å². The molecule has 1 amide bonds. The molecule has 1 heterocycles. The molecule has 0 bridgehead atoms. The molecule has 1 saturated heterocycles. The van der Waals surface area contributed by atoms with Gasteiger partial charge in [0.2, 0.25) is 0 Å². The summed E-state index contributed by atoms with van der Waals surface area (Å²) in [5.41, 5.74) is 3.01. The summed E-state index contributed by atoms with van der Waals surface area (Å²) < 4.78 is 6.60. The van der Waals surface area contributed by atoms with Gasteiger partial charge in [0, 0.05) is 5.56 Å². The van der Waals surface area contributed by atoms with Gasteiger partial charge in [-0.25, -0.2) is 0 Å². The molecule has 3 aromatic carbocycles. The third-order valence-corrected chi connectivity index (χ3v) is 6.27. The summed E-state index contributed by atoms with van der Waals surface area (Å²) >= 11 is 6.87. The Morgan fingerprint density at radius 2 is 1.60 bits per heavy atom. The number of amides is 1. The minimum Gasteiger partial charge on any atom is -0.488 e. The van der Waals surface area contributed by atoms with Crippen LogP contribution in [-0.4, -0.2) is 15.1 Å². The monoisotopic (exact) mass is 431 g/mol. The van der Waals surface area contributed by atoms with E-state index in [1.165, 1.54) is 11.8 Å². The van der Waals surface area contributed by atoms with Crippen molar-refractivity contribution in [3.63, 3.8) is 0 Å². The van der Waals surface area contributed by atoms with Gasteiger partial charge in [0.15, 0.2) is 0 Å². The van der Waals surface area contributed by atoms with Gasteiger partial charge < -0.3 is 4.74 Å². The van der Waals surface area contributed by atoms with E-state index >= 15 is 0 Å². The molecule has 5 heteroatoms. The number of thiocarbonyl (C=S) groups is 1. The second-order valence-electron chi connectivity index (χ2n) is 6.95. The fourth-order valence-corrected chi connectivity index (χ4v) is 4.71. The number of benzene rings is 3. The zero-order valence-electron chi connectivity index (χ0n) is 16.5. The predicted octanol–water partition coefficient (Wildman–Crippen LogP) is 6.23. The van der Waals surface area contributed by atoms with E-state index in [2.05, 4.69) is 0 Å². The minimum absolute atomic E-state index is 0.0702. The highest BCUT2D eigenvalue weighted by Gasteiger charge is 2.36. The molecule has 30 heavy (non-hydrogen) atoms. The second kappa shape index (κ2) is 9.28. The van der Waals surface area contributed by atoms with Crippen molar-refractivity contribution in [2.75, 3.05) is 0 Å². The van der Waals surface area contributed by atoms with E-state index in [0.717, 1.165) is 22.4 Å². The molecule has 3 aromatic rings. The Morgan fingerprint density at radius 1 is 0.967 bits per heavy atom. The molecular weight excluding hydrogens is 410 g/mol. The van der Waals surface area contributed by atoms with Crippen molar-refractivity contribution in [1.82, 2.24) is 4.90 Å². The van der Waals surface area contributed by atoms with E-state index < -0.39 is 0 Å². The highest BCUT2D eigenvalue weighted by molar-refractivity contribution is 8.26. The van der Waals surface area contributed by atoms with Crippen LogP contribution in [0.25, 0.3) is 6.08 Å². The Morgan fingerprint density at radius 3 is 2.33 bits per heavy atom. The fraction of sp³-hybridized carbons (Fsp3) is 0.120. The van der Waals surface area contributed by atoms with Crippen LogP contribution in [0.1, 0.15) is 29.7 Å². The van der Waals surface area contributed by atoms with Crippen molar-refractivity contribution >= 4 is 40.3 Å².